The predicted octanol–water partition coefficient (Wildman–Crippen LogP) is 5.10. The molecule has 3 aromatic carbocycles. The van der Waals surface area contributed by atoms with Gasteiger partial charge in [0, 0.05) is 33.7 Å². The van der Waals surface area contributed by atoms with Gasteiger partial charge in [-0.15, -0.1) is 0 Å². The minimum Gasteiger partial charge on any atom is -0.497 e. The van der Waals surface area contributed by atoms with Crippen LogP contribution in [0.1, 0.15) is 17.0 Å². The molecule has 196 valence electrons. The number of sulfonamides is 1. The molecule has 38 heavy (non-hydrogen) atoms. The highest BCUT2D eigenvalue weighted by Gasteiger charge is 2.27. The van der Waals surface area contributed by atoms with E-state index in [1.807, 2.05) is 44.2 Å². The zero-order valence-corrected chi connectivity index (χ0v) is 22.7. The van der Waals surface area contributed by atoms with Gasteiger partial charge < -0.3 is 9.30 Å². The third kappa shape index (κ3) is 5.90. The molecule has 1 amide bonds. The van der Waals surface area contributed by atoms with Gasteiger partial charge in [0.25, 0.3) is 15.9 Å². The molecule has 0 aliphatic rings. The molecule has 0 saturated carbocycles. The van der Waals surface area contributed by atoms with Crippen LogP contribution in [0.5, 0.6) is 5.75 Å². The van der Waals surface area contributed by atoms with Crippen molar-refractivity contribution in [2.24, 2.45) is 5.10 Å². The van der Waals surface area contributed by atoms with Gasteiger partial charge in [-0.2, -0.15) is 5.10 Å². The zero-order chi connectivity index (χ0) is 27.3. The van der Waals surface area contributed by atoms with E-state index in [1.54, 1.807) is 42.5 Å². The van der Waals surface area contributed by atoms with E-state index in [2.05, 4.69) is 15.1 Å². The summed E-state index contributed by atoms with van der Waals surface area (Å²) in [5.41, 5.74) is 6.41. The van der Waals surface area contributed by atoms with Gasteiger partial charge in [0.15, 0.2) is 0 Å². The maximum absolute atomic E-state index is 13.5. The first-order valence-electron chi connectivity index (χ1n) is 11.7. The molecule has 0 saturated heterocycles. The van der Waals surface area contributed by atoms with Gasteiger partial charge >= 0.3 is 0 Å². The summed E-state index contributed by atoms with van der Waals surface area (Å²) in [5.74, 6) is -0.139. The Labute approximate surface area is 227 Å². The van der Waals surface area contributed by atoms with Crippen molar-refractivity contribution in [2.75, 3.05) is 18.0 Å². The predicted molar refractivity (Wildman–Crippen MR) is 150 cm³/mol. The van der Waals surface area contributed by atoms with E-state index in [-0.39, 0.29) is 4.90 Å². The van der Waals surface area contributed by atoms with Crippen LogP contribution in [0.15, 0.2) is 94.9 Å². The van der Waals surface area contributed by atoms with Crippen molar-refractivity contribution in [2.45, 2.75) is 18.7 Å². The quantitative estimate of drug-likeness (QED) is 0.232. The molecule has 8 nitrogen and oxygen atoms in total. The number of amides is 1. The third-order valence-electron chi connectivity index (χ3n) is 5.91. The first-order valence-corrected chi connectivity index (χ1v) is 13.5. The molecular formula is C28H27ClN4O4S. The number of anilines is 1. The Kier molecular flexibility index (Phi) is 8.19. The van der Waals surface area contributed by atoms with Gasteiger partial charge in [0.2, 0.25) is 0 Å². The zero-order valence-electron chi connectivity index (χ0n) is 21.1. The number of aromatic nitrogens is 1. The van der Waals surface area contributed by atoms with Gasteiger partial charge in [-0.25, -0.2) is 13.8 Å². The van der Waals surface area contributed by atoms with E-state index in [1.165, 1.54) is 25.5 Å². The van der Waals surface area contributed by atoms with Gasteiger partial charge in [0.05, 0.1) is 23.9 Å². The number of aryl methyl sites for hydroxylation is 1. The SMILES string of the molecule is COc1cccc(N(CC(=O)N/N=C\c2cc(C)n(-c3ccc(Cl)cc3)c2C)S(=O)(=O)c2ccccc2)c1. The van der Waals surface area contributed by atoms with Crippen LogP contribution in [0.25, 0.3) is 5.69 Å². The average molecular weight is 551 g/mol. The van der Waals surface area contributed by atoms with Crippen LogP contribution in [-0.4, -0.2) is 38.8 Å². The number of methoxy groups -OCH3 is 1. The molecule has 0 unspecified atom stereocenters. The monoisotopic (exact) mass is 550 g/mol. The molecule has 0 radical (unpaired) electrons. The minimum atomic E-state index is -4.04. The highest BCUT2D eigenvalue weighted by molar-refractivity contribution is 7.92. The van der Waals surface area contributed by atoms with Crippen molar-refractivity contribution in [3.05, 3.63) is 107 Å². The molecule has 4 rings (SSSR count). The second-order valence-corrected chi connectivity index (χ2v) is 10.8. The van der Waals surface area contributed by atoms with Crippen molar-refractivity contribution in [3.63, 3.8) is 0 Å². The Balaban J connectivity index is 1.55. The summed E-state index contributed by atoms with van der Waals surface area (Å²) >= 11 is 6.02. The van der Waals surface area contributed by atoms with Crippen LogP contribution >= 0.6 is 11.6 Å². The number of ether oxygens (including phenoxy) is 1. The van der Waals surface area contributed by atoms with E-state index >= 15 is 0 Å². The van der Waals surface area contributed by atoms with Crippen molar-refractivity contribution in [3.8, 4) is 11.4 Å². The van der Waals surface area contributed by atoms with E-state index in [0.29, 0.717) is 16.5 Å². The van der Waals surface area contributed by atoms with Gasteiger partial charge in [-0.3, -0.25) is 9.10 Å². The fourth-order valence-electron chi connectivity index (χ4n) is 4.05. The van der Waals surface area contributed by atoms with E-state index in [0.717, 1.165) is 26.9 Å². The summed E-state index contributed by atoms with van der Waals surface area (Å²) in [5, 5.41) is 4.75. The van der Waals surface area contributed by atoms with Crippen LogP contribution in [0, 0.1) is 13.8 Å². The summed E-state index contributed by atoms with van der Waals surface area (Å²) in [7, 11) is -2.56. The Bertz CT molecular complexity index is 1570. The molecule has 0 fully saturated rings. The van der Waals surface area contributed by atoms with Gasteiger partial charge in [0.1, 0.15) is 12.3 Å². The number of hydrogen-bond acceptors (Lipinski definition) is 5. The summed E-state index contributed by atoms with van der Waals surface area (Å²) in [6.45, 7) is 3.44. The normalized spacial score (nSPS) is 11.5. The molecule has 0 atom stereocenters. The Morgan fingerprint density at radius 1 is 1.03 bits per heavy atom. The summed E-state index contributed by atoms with van der Waals surface area (Å²) < 4.78 is 35.2. The third-order valence-corrected chi connectivity index (χ3v) is 7.95. The summed E-state index contributed by atoms with van der Waals surface area (Å²) in [6, 6.07) is 23.9. The molecule has 0 bridgehead atoms. The fraction of sp³-hybridized carbons (Fsp3) is 0.143. The van der Waals surface area contributed by atoms with Crippen LogP contribution in [0.2, 0.25) is 5.02 Å². The number of carbonyl (C=O) groups excluding carboxylic acids is 1. The lowest BCUT2D eigenvalue weighted by Gasteiger charge is -2.24. The molecular weight excluding hydrogens is 524 g/mol. The Morgan fingerprint density at radius 3 is 2.42 bits per heavy atom. The summed E-state index contributed by atoms with van der Waals surface area (Å²) in [6.07, 6.45) is 1.54. The average Bonchev–Trinajstić information content (AvgIpc) is 3.20. The maximum Gasteiger partial charge on any atom is 0.264 e. The van der Waals surface area contributed by atoms with Crippen LogP contribution in [0.4, 0.5) is 5.69 Å². The topological polar surface area (TPSA) is 93.0 Å². The summed E-state index contributed by atoms with van der Waals surface area (Å²) in [4.78, 5) is 12.9. The fourth-order valence-corrected chi connectivity index (χ4v) is 5.61. The first kappa shape index (κ1) is 27.0. The molecule has 1 aromatic heterocycles. The highest BCUT2D eigenvalue weighted by atomic mass is 35.5. The number of nitrogens with zero attached hydrogens (tertiary/aromatic N) is 3. The van der Waals surface area contributed by atoms with Crippen LogP contribution in [-0.2, 0) is 14.8 Å². The van der Waals surface area contributed by atoms with E-state index in [9.17, 15) is 13.2 Å². The molecule has 4 aromatic rings. The van der Waals surface area contributed by atoms with E-state index in [4.69, 9.17) is 16.3 Å². The number of hydrogen-bond donors (Lipinski definition) is 1. The number of rotatable bonds is 9. The van der Waals surface area contributed by atoms with Crippen LogP contribution < -0.4 is 14.5 Å². The molecule has 10 heteroatoms. The Hall–Kier alpha value is -4.08. The number of nitrogens with one attached hydrogen (secondary N) is 1. The highest BCUT2D eigenvalue weighted by Crippen LogP contribution is 2.27. The number of halogens is 1. The smallest absolute Gasteiger partial charge is 0.264 e. The minimum absolute atomic E-state index is 0.0637. The molecule has 1 heterocycles. The lowest BCUT2D eigenvalue weighted by Crippen LogP contribution is -2.39. The van der Waals surface area contributed by atoms with Crippen molar-refractivity contribution in [1.82, 2.24) is 9.99 Å². The Morgan fingerprint density at radius 2 is 1.74 bits per heavy atom. The molecule has 1 N–H and O–H groups in total. The molecule has 0 aliphatic carbocycles. The second-order valence-electron chi connectivity index (χ2n) is 8.46. The van der Waals surface area contributed by atoms with Gasteiger partial charge in [-0.05, 0) is 68.4 Å². The van der Waals surface area contributed by atoms with Crippen molar-refractivity contribution in [1.29, 1.82) is 0 Å². The number of hydrazone groups is 1. The van der Waals surface area contributed by atoms with Crippen LogP contribution in [0.3, 0.4) is 0 Å². The van der Waals surface area contributed by atoms with E-state index < -0.39 is 22.5 Å². The number of carbonyl (C=O) groups is 1. The second kappa shape index (κ2) is 11.5. The lowest BCUT2D eigenvalue weighted by atomic mass is 10.2. The van der Waals surface area contributed by atoms with Crippen molar-refractivity contribution < 1.29 is 17.9 Å². The number of benzene rings is 3. The lowest BCUT2D eigenvalue weighted by molar-refractivity contribution is -0.119. The molecule has 0 spiro atoms. The van der Waals surface area contributed by atoms with Gasteiger partial charge in [-0.1, -0.05) is 35.9 Å². The molecule has 0 aliphatic heterocycles. The maximum atomic E-state index is 13.5. The largest absolute Gasteiger partial charge is 0.497 e. The standard InChI is InChI=1S/C28H27ClN4O4S/c1-20-16-22(21(2)33(20)24-14-12-23(29)13-15-24)18-30-31-28(34)19-32(25-8-7-9-26(17-25)37-3)38(35,36)27-10-5-4-6-11-27/h4-18H,19H2,1-3H3,(H,31,34)/b30-18-. The van der Waals surface area contributed by atoms with Crippen molar-refractivity contribution >= 4 is 39.4 Å². The first-order chi connectivity index (χ1) is 18.2.